The van der Waals surface area contributed by atoms with Crippen molar-refractivity contribution in [3.05, 3.63) is 11.8 Å². The van der Waals surface area contributed by atoms with E-state index in [1.807, 2.05) is 13.8 Å². The molecule has 0 heterocycles. The zero-order valence-corrected chi connectivity index (χ0v) is 16.0. The maximum Gasteiger partial charge on any atom is 0.228 e. The summed E-state index contributed by atoms with van der Waals surface area (Å²) in [6.07, 6.45) is 8.67. The molecule has 24 heavy (non-hydrogen) atoms. The van der Waals surface area contributed by atoms with E-state index < -0.39 is 5.97 Å². The predicted molar refractivity (Wildman–Crippen MR) is 93.7 cm³/mol. The van der Waals surface area contributed by atoms with Gasteiger partial charge in [0.05, 0.1) is 39.4 Å². The second kappa shape index (κ2) is 8.65. The highest BCUT2D eigenvalue weighted by Crippen LogP contribution is 2.51. The Morgan fingerprint density at radius 3 is 2.17 bits per heavy atom. The Labute approximate surface area is 146 Å². The van der Waals surface area contributed by atoms with Gasteiger partial charge in [-0.1, -0.05) is 32.8 Å². The minimum atomic E-state index is -1.30. The van der Waals surface area contributed by atoms with Crippen molar-refractivity contribution < 1.29 is 19.2 Å². The van der Waals surface area contributed by atoms with Crippen LogP contribution in [0.2, 0.25) is 0 Å². The Morgan fingerprint density at radius 2 is 1.67 bits per heavy atom. The molecule has 5 nitrogen and oxygen atoms in total. The Kier molecular flexibility index (Phi) is 7.46. The number of hydrogen-bond acceptors (Lipinski definition) is 3. The van der Waals surface area contributed by atoms with Crippen LogP contribution in [-0.4, -0.2) is 44.0 Å². The van der Waals surface area contributed by atoms with Crippen LogP contribution in [0, 0.1) is 11.3 Å². The smallest absolute Gasteiger partial charge is 0.228 e. The molecule has 1 unspecified atom stereocenters. The molecule has 0 radical (unpaired) electrons. The van der Waals surface area contributed by atoms with Gasteiger partial charge >= 0.3 is 0 Å². The molecule has 1 N–H and O–H groups in total. The van der Waals surface area contributed by atoms with Crippen LogP contribution in [-0.2, 0) is 9.59 Å². The number of hydrogen-bond donors (Lipinski definition) is 1. The highest BCUT2D eigenvalue weighted by atomic mass is 16.4. The second-order valence-corrected chi connectivity index (χ2v) is 8.71. The molecule has 1 fully saturated rings. The number of allylic oxidation sites excluding steroid dienone is 1. The van der Waals surface area contributed by atoms with E-state index in [0.717, 1.165) is 30.2 Å². The summed E-state index contributed by atoms with van der Waals surface area (Å²) in [6, 6.07) is 0. The van der Waals surface area contributed by atoms with Gasteiger partial charge in [0.2, 0.25) is 5.91 Å². The molecular formula is C19H34N2O3. The number of nitrogens with one attached hydrogen (secondary N) is 1. The quantitative estimate of drug-likeness (QED) is 0.355. The maximum absolute atomic E-state index is 12.0. The van der Waals surface area contributed by atoms with Crippen LogP contribution >= 0.6 is 0 Å². The molecule has 1 rings (SSSR count). The third kappa shape index (κ3) is 7.95. The Bertz CT molecular complexity index is 475. The summed E-state index contributed by atoms with van der Waals surface area (Å²) in [5, 5.41) is 13.7. The first-order valence-corrected chi connectivity index (χ1v) is 9.06. The van der Waals surface area contributed by atoms with Gasteiger partial charge in [0.15, 0.2) is 0 Å². The largest absolute Gasteiger partial charge is 0.543 e. The number of carboxylic acids is 1. The van der Waals surface area contributed by atoms with E-state index in [1.54, 1.807) is 6.08 Å². The lowest BCUT2D eigenvalue weighted by Crippen LogP contribution is -2.36. The lowest BCUT2D eigenvalue weighted by molar-refractivity contribution is -0.870. The summed E-state index contributed by atoms with van der Waals surface area (Å²) < 4.78 is 0.995. The zero-order valence-electron chi connectivity index (χ0n) is 16.0. The first-order chi connectivity index (χ1) is 11.0. The van der Waals surface area contributed by atoms with Crippen LogP contribution in [0.5, 0.6) is 0 Å². The van der Waals surface area contributed by atoms with Gasteiger partial charge in [0, 0.05) is 5.92 Å². The number of carboxylic acid groups (broad SMARTS) is 1. The Balaban J connectivity index is 2.22. The molecule has 0 saturated heterocycles. The number of carbonyl (C=O) groups excluding carboxylic acids is 2. The SMILES string of the molecule is CC1(C)CC1C(=O)N/C(=C\CCCCCCC[N+](C)(C)C)C(=O)[O-]. The van der Waals surface area contributed by atoms with E-state index in [0.29, 0.717) is 6.42 Å². The molecule has 138 valence electrons. The molecule has 0 aromatic carbocycles. The van der Waals surface area contributed by atoms with Gasteiger partial charge in [-0.25, -0.2) is 0 Å². The number of unbranched alkanes of at least 4 members (excludes halogenated alkanes) is 5. The van der Waals surface area contributed by atoms with Gasteiger partial charge in [0.25, 0.3) is 0 Å². The molecule has 0 spiro atoms. The lowest BCUT2D eigenvalue weighted by atomic mass is 10.1. The van der Waals surface area contributed by atoms with Crippen LogP contribution in [0.4, 0.5) is 0 Å². The highest BCUT2D eigenvalue weighted by molar-refractivity contribution is 5.93. The van der Waals surface area contributed by atoms with Crippen molar-refractivity contribution in [2.75, 3.05) is 27.7 Å². The normalized spacial score (nSPS) is 19.9. The van der Waals surface area contributed by atoms with Gasteiger partial charge in [-0.05, 0) is 37.5 Å². The highest BCUT2D eigenvalue weighted by Gasteiger charge is 2.50. The second-order valence-electron chi connectivity index (χ2n) is 8.71. The summed E-state index contributed by atoms with van der Waals surface area (Å²) in [4.78, 5) is 23.1. The standard InChI is InChI=1S/C19H34N2O3/c1-19(2)14-15(19)17(22)20-16(18(23)24)12-10-8-6-7-9-11-13-21(3,4)5/h12,15H,6-11,13-14H2,1-5H3,(H-,20,22,23,24)/b16-12-. The van der Waals surface area contributed by atoms with Crippen molar-refractivity contribution >= 4 is 11.9 Å². The van der Waals surface area contributed by atoms with Crippen molar-refractivity contribution in [1.29, 1.82) is 0 Å². The molecule has 5 heteroatoms. The number of amides is 1. The summed E-state index contributed by atoms with van der Waals surface area (Å²) in [6.45, 7) is 5.20. The van der Waals surface area contributed by atoms with Crippen LogP contribution in [0.25, 0.3) is 0 Å². The molecule has 0 aromatic heterocycles. The van der Waals surface area contributed by atoms with Crippen molar-refractivity contribution in [2.24, 2.45) is 11.3 Å². The van der Waals surface area contributed by atoms with Gasteiger partial charge in [0.1, 0.15) is 0 Å². The van der Waals surface area contributed by atoms with Gasteiger partial charge < -0.3 is 19.7 Å². The fraction of sp³-hybridized carbons (Fsp3) is 0.789. The molecule has 1 saturated carbocycles. The number of rotatable bonds is 11. The summed E-state index contributed by atoms with van der Waals surface area (Å²) >= 11 is 0. The predicted octanol–water partition coefficient (Wildman–Crippen LogP) is 1.83. The first-order valence-electron chi connectivity index (χ1n) is 9.06. The monoisotopic (exact) mass is 338 g/mol. The molecule has 1 amide bonds. The summed E-state index contributed by atoms with van der Waals surface area (Å²) in [5.41, 5.74) is -0.0832. The number of aliphatic carboxylic acids is 1. The van der Waals surface area contributed by atoms with E-state index in [1.165, 1.54) is 19.4 Å². The summed E-state index contributed by atoms with van der Waals surface area (Å²) in [7, 11) is 6.59. The first kappa shape index (κ1) is 20.7. The van der Waals surface area contributed by atoms with Gasteiger partial charge in [-0.15, -0.1) is 0 Å². The number of quaternary nitrogens is 1. The molecule has 0 bridgehead atoms. The topological polar surface area (TPSA) is 69.2 Å². The molecule has 0 aromatic rings. The fourth-order valence-corrected chi connectivity index (χ4v) is 2.83. The molecule has 1 aliphatic rings. The van der Waals surface area contributed by atoms with Crippen LogP contribution < -0.4 is 10.4 Å². The van der Waals surface area contributed by atoms with Gasteiger partial charge in [-0.2, -0.15) is 0 Å². The Morgan fingerprint density at radius 1 is 1.12 bits per heavy atom. The van der Waals surface area contributed by atoms with E-state index in [4.69, 9.17) is 0 Å². The summed E-state index contributed by atoms with van der Waals surface area (Å²) in [5.74, 6) is -1.58. The van der Waals surface area contributed by atoms with Crippen LogP contribution in [0.3, 0.4) is 0 Å². The van der Waals surface area contributed by atoms with Crippen molar-refractivity contribution in [1.82, 2.24) is 5.32 Å². The fourth-order valence-electron chi connectivity index (χ4n) is 2.83. The average molecular weight is 338 g/mol. The molecular weight excluding hydrogens is 304 g/mol. The van der Waals surface area contributed by atoms with E-state index in [-0.39, 0.29) is 22.9 Å². The van der Waals surface area contributed by atoms with E-state index in [9.17, 15) is 14.7 Å². The minimum Gasteiger partial charge on any atom is -0.543 e. The van der Waals surface area contributed by atoms with Crippen molar-refractivity contribution in [3.63, 3.8) is 0 Å². The van der Waals surface area contributed by atoms with E-state index >= 15 is 0 Å². The maximum atomic E-state index is 12.0. The lowest BCUT2D eigenvalue weighted by Gasteiger charge is -2.23. The number of nitrogens with zero attached hydrogens (tertiary/aromatic N) is 1. The molecule has 1 atom stereocenters. The Hall–Kier alpha value is -1.36. The minimum absolute atomic E-state index is 0.00705. The van der Waals surface area contributed by atoms with Crippen molar-refractivity contribution in [3.8, 4) is 0 Å². The molecule has 0 aliphatic heterocycles. The van der Waals surface area contributed by atoms with Crippen LogP contribution in [0.1, 0.15) is 58.8 Å². The third-order valence-electron chi connectivity index (χ3n) is 4.69. The average Bonchev–Trinajstić information content (AvgIpc) is 3.07. The third-order valence-corrected chi connectivity index (χ3v) is 4.69. The van der Waals surface area contributed by atoms with Crippen molar-refractivity contribution in [2.45, 2.75) is 58.8 Å². The van der Waals surface area contributed by atoms with E-state index in [2.05, 4.69) is 26.5 Å². The van der Waals surface area contributed by atoms with Crippen LogP contribution in [0.15, 0.2) is 11.8 Å². The van der Waals surface area contributed by atoms with Gasteiger partial charge in [-0.3, -0.25) is 4.79 Å². The number of carbonyl (C=O) groups is 2. The molecule has 1 aliphatic carbocycles. The zero-order chi connectivity index (χ0) is 18.4.